The first kappa shape index (κ1) is 83.4. The molecule has 4 aliphatic rings. The Morgan fingerprint density at radius 3 is 0.870 bits per heavy atom. The van der Waals surface area contributed by atoms with E-state index < -0.39 is 70.8 Å². The molecule has 624 valence electrons. The Morgan fingerprint density at radius 1 is 0.341 bits per heavy atom. The van der Waals surface area contributed by atoms with Crippen molar-refractivity contribution >= 4 is 23.7 Å². The number of aromatic carboxylic acids is 1. The van der Waals surface area contributed by atoms with E-state index in [1.165, 1.54) is 37.3 Å². The van der Waals surface area contributed by atoms with E-state index in [0.29, 0.717) is 85.0 Å². The average Bonchev–Trinajstić information content (AvgIpc) is 1.67. The molecule has 37 heteroatoms. The Hall–Kier alpha value is -16.1. The fraction of sp³-hybridized carbons (Fsp3) is 0.163. The molecule has 0 saturated carbocycles. The van der Waals surface area contributed by atoms with Crippen molar-refractivity contribution < 1.29 is 60.8 Å². The number of fused-ring (bicyclic) bond motifs is 12. The molecule has 12 aromatic heterocycles. The van der Waals surface area contributed by atoms with Crippen LogP contribution in [-0.4, -0.2) is 152 Å². The van der Waals surface area contributed by atoms with Gasteiger partial charge in [0.1, 0.15) is 67.9 Å². The van der Waals surface area contributed by atoms with Gasteiger partial charge in [-0.3, -0.25) is 51.4 Å². The minimum atomic E-state index is -1.36. The Kier molecular flexibility index (Phi) is 25.8. The molecule has 33 nitrogen and oxygen atoms in total. The Bertz CT molecular complexity index is 5860. The average molecular weight is 1670 g/mol. The quantitative estimate of drug-likeness (QED) is 0.0595. The molecule has 0 bridgehead atoms. The van der Waals surface area contributed by atoms with Gasteiger partial charge in [0, 0.05) is 74.4 Å². The topological polar surface area (TPSA) is 382 Å². The summed E-state index contributed by atoms with van der Waals surface area (Å²) >= 11 is 0. The van der Waals surface area contributed by atoms with Crippen molar-refractivity contribution in [1.29, 1.82) is 0 Å². The molecular weight excluding hydrogens is 1590 g/mol. The van der Waals surface area contributed by atoms with E-state index in [1.54, 1.807) is 118 Å². The molecule has 0 saturated heterocycles. The third-order valence-corrected chi connectivity index (χ3v) is 18.9. The summed E-state index contributed by atoms with van der Waals surface area (Å²) in [5.74, 6) is 1.24. The minimum absolute atomic E-state index is 0. The number of pyridine rings is 4. The molecule has 6 N–H and O–H groups in total. The number of hydrogen-bond acceptors (Lipinski definition) is 21. The Balaban J connectivity index is 0.000000128. The Morgan fingerprint density at radius 2 is 0.593 bits per heavy atom. The molecule has 0 radical (unpaired) electrons. The molecule has 3 amide bonds. The van der Waals surface area contributed by atoms with E-state index in [1.807, 2.05) is 144 Å². The number of carbonyl (C=O) groups excluding carboxylic acids is 3. The first-order valence-corrected chi connectivity index (χ1v) is 37.5. The second kappa shape index (κ2) is 38.1. The number of carbonyl (C=O) groups is 4. The lowest BCUT2D eigenvalue weighted by atomic mass is 10.2. The normalized spacial score (nSPS) is 14.5. The van der Waals surface area contributed by atoms with Crippen LogP contribution in [0.5, 0.6) is 23.0 Å². The fourth-order valence-electron chi connectivity index (χ4n) is 13.3. The van der Waals surface area contributed by atoms with E-state index in [9.17, 15) is 36.7 Å². The lowest BCUT2D eigenvalue weighted by molar-refractivity contribution is 0.0683. The number of rotatable bonds is 15. The van der Waals surface area contributed by atoms with Gasteiger partial charge in [-0.2, -0.15) is 20.4 Å². The zero-order valence-electron chi connectivity index (χ0n) is 63.6. The van der Waals surface area contributed by atoms with Crippen LogP contribution in [0.4, 0.5) is 17.6 Å². The van der Waals surface area contributed by atoms with Gasteiger partial charge in [0.25, 0.3) is 17.7 Å². The third kappa shape index (κ3) is 19.2. The van der Waals surface area contributed by atoms with Crippen LogP contribution in [0.1, 0.15) is 127 Å². The smallest absolute Gasteiger partial charge is 0.359 e. The highest BCUT2D eigenvalue weighted by atomic mass is 19.1. The van der Waals surface area contributed by atoms with E-state index in [2.05, 4.69) is 76.2 Å². The summed E-state index contributed by atoms with van der Waals surface area (Å²) in [7, 11) is 0. The number of nitrogens with zero attached hydrogens (tertiary/aromatic N) is 20. The zero-order chi connectivity index (χ0) is 83.3. The van der Waals surface area contributed by atoms with Crippen molar-refractivity contribution in [3.63, 3.8) is 0 Å². The highest BCUT2D eigenvalue weighted by Crippen LogP contribution is 2.33. The van der Waals surface area contributed by atoms with Gasteiger partial charge >= 0.3 is 5.97 Å². The molecule has 20 rings (SSSR count). The van der Waals surface area contributed by atoms with Gasteiger partial charge in [-0.1, -0.05) is 136 Å². The largest absolute Gasteiger partial charge is 0.488 e. The van der Waals surface area contributed by atoms with Crippen LogP contribution in [0.2, 0.25) is 0 Å². The molecule has 0 spiro atoms. The highest BCUT2D eigenvalue weighted by molar-refractivity contribution is 5.94. The summed E-state index contributed by atoms with van der Waals surface area (Å²) in [6, 6.07) is 50.2. The number of ether oxygens (including phenoxy) is 4. The first-order valence-electron chi connectivity index (χ1n) is 37.5. The van der Waals surface area contributed by atoms with Crippen LogP contribution in [0.3, 0.4) is 0 Å². The SMILES string of the molecule is C.C.NC1COc2cccnc2-n2ccnc21.O=C(NC1COc2cccnc2-n2ccnc21)c1nn(Cc2ccccc2)cc1F.O=C(N[C@@H]1COc2cccnc2-n2ccnc21)c1nn(Cc2ccccc2)cc1F.O=C(N[C@H]1COc2cccnc2-n2ccnc21)c1nn(Cc2ccccc2)cc1F.O=C(O)c1nn(Cc2ccccc2)cc1F. The van der Waals surface area contributed by atoms with Crippen molar-refractivity contribution in [1.82, 2.24) is 113 Å². The number of imidazole rings is 4. The molecular formula is C86H78F4N24O9. The molecule has 16 heterocycles. The van der Waals surface area contributed by atoms with Gasteiger partial charge in [0.15, 0.2) is 86.6 Å². The molecule has 16 aromatic rings. The number of nitrogens with one attached hydrogen (secondary N) is 3. The first-order chi connectivity index (χ1) is 59.1. The number of benzene rings is 4. The standard InChI is InChI=1S/3C21H17FN6O2.C11H9FN2O2.C10H10N4O.2CH4/c3*22-15-12-27(11-14-5-2-1-3-6-14)26-18(15)21(29)25-16-13-30-17-7-4-8-23-20(17)28-10-9-24-19(16)28;12-9-7-14(13-10(9)11(15)16)6-8-4-2-1-3-5-8;11-7-6-15-8-2-1-3-12-10(8)14-5-4-13-9(7)14;;/h3*1-10,12,16H,11,13H2,(H,25,29);1-5,7H,6H2,(H,15,16);1-5,7H,6,11H2;2*1H4/t2*16-;;;;;/m10...../s1. The lowest BCUT2D eigenvalue weighted by Crippen LogP contribution is -2.34. The molecule has 0 aliphatic carbocycles. The van der Waals surface area contributed by atoms with E-state index >= 15 is 0 Å². The van der Waals surface area contributed by atoms with Crippen LogP contribution in [0.15, 0.2) is 269 Å². The van der Waals surface area contributed by atoms with Crippen molar-refractivity contribution in [3.05, 3.63) is 361 Å². The number of hydrogen-bond donors (Lipinski definition) is 5. The summed E-state index contributed by atoms with van der Waals surface area (Å²) in [5, 5.41) is 33.0. The van der Waals surface area contributed by atoms with Crippen LogP contribution in [0.25, 0.3) is 23.3 Å². The van der Waals surface area contributed by atoms with E-state index in [-0.39, 0.29) is 57.8 Å². The maximum atomic E-state index is 14.4. The highest BCUT2D eigenvalue weighted by Gasteiger charge is 2.33. The maximum absolute atomic E-state index is 14.4. The molecule has 4 aromatic carbocycles. The van der Waals surface area contributed by atoms with Crippen molar-refractivity contribution in [3.8, 4) is 46.3 Å². The molecule has 2 unspecified atom stereocenters. The number of amides is 3. The van der Waals surface area contributed by atoms with Gasteiger partial charge in [0.2, 0.25) is 5.69 Å². The van der Waals surface area contributed by atoms with Gasteiger partial charge in [-0.15, -0.1) is 0 Å². The Labute approximate surface area is 698 Å². The van der Waals surface area contributed by atoms with Crippen LogP contribution >= 0.6 is 0 Å². The lowest BCUT2D eigenvalue weighted by Gasteiger charge is -2.15. The van der Waals surface area contributed by atoms with Crippen LogP contribution < -0.4 is 40.6 Å². The zero-order valence-corrected chi connectivity index (χ0v) is 63.6. The van der Waals surface area contributed by atoms with Crippen molar-refractivity contribution in [2.45, 2.75) is 65.2 Å². The molecule has 123 heavy (non-hydrogen) atoms. The number of carboxylic acids is 1. The second-order valence-electron chi connectivity index (χ2n) is 27.2. The fourth-order valence-corrected chi connectivity index (χ4v) is 13.3. The summed E-state index contributed by atoms with van der Waals surface area (Å²) in [6.07, 6.45) is 25.0. The van der Waals surface area contributed by atoms with E-state index in [4.69, 9.17) is 29.8 Å². The third-order valence-electron chi connectivity index (χ3n) is 18.9. The van der Waals surface area contributed by atoms with Crippen LogP contribution in [0, 0.1) is 23.3 Å². The number of aromatic nitrogens is 20. The van der Waals surface area contributed by atoms with Gasteiger partial charge < -0.3 is 45.7 Å². The molecule has 4 aliphatic heterocycles. The number of carboxylic acid groups (broad SMARTS) is 1. The summed E-state index contributed by atoms with van der Waals surface area (Å²) in [4.78, 5) is 83.4. The number of halogens is 4. The molecule has 4 atom stereocenters. The maximum Gasteiger partial charge on any atom is 0.359 e. The van der Waals surface area contributed by atoms with E-state index in [0.717, 1.165) is 45.8 Å². The van der Waals surface area contributed by atoms with Crippen molar-refractivity contribution in [2.75, 3.05) is 26.4 Å². The second-order valence-corrected chi connectivity index (χ2v) is 27.2. The number of nitrogens with two attached hydrogens (primary N) is 1. The van der Waals surface area contributed by atoms with Gasteiger partial charge in [-0.05, 0) is 70.8 Å². The summed E-state index contributed by atoms with van der Waals surface area (Å²) in [6.45, 7) is 2.27. The van der Waals surface area contributed by atoms with Crippen molar-refractivity contribution in [2.24, 2.45) is 5.73 Å². The predicted octanol–water partition coefficient (Wildman–Crippen LogP) is 11.2. The van der Waals surface area contributed by atoms with Crippen LogP contribution in [-0.2, 0) is 26.2 Å². The summed E-state index contributed by atoms with van der Waals surface area (Å²) < 4.78 is 92.0. The monoisotopic (exact) mass is 1670 g/mol. The predicted molar refractivity (Wildman–Crippen MR) is 436 cm³/mol. The van der Waals surface area contributed by atoms with Gasteiger partial charge in [-0.25, -0.2) is 62.2 Å². The van der Waals surface area contributed by atoms with Gasteiger partial charge in [0.05, 0.1) is 57.0 Å². The molecule has 0 fully saturated rings. The minimum Gasteiger partial charge on any atom is -0.488 e. The summed E-state index contributed by atoms with van der Waals surface area (Å²) in [5.41, 5.74) is 8.36.